The highest BCUT2D eigenvalue weighted by Crippen LogP contribution is 2.12. The van der Waals surface area contributed by atoms with E-state index in [0.717, 1.165) is 30.6 Å². The Bertz CT molecular complexity index is 564. The number of benzene rings is 2. The number of carbonyl (C=O) groups is 1. The summed E-state index contributed by atoms with van der Waals surface area (Å²) in [5, 5.41) is 12.1. The molecule has 0 fully saturated rings. The van der Waals surface area contributed by atoms with E-state index in [9.17, 15) is 4.79 Å². The van der Waals surface area contributed by atoms with Crippen LogP contribution < -0.4 is 5.32 Å². The summed E-state index contributed by atoms with van der Waals surface area (Å²) >= 11 is 0. The van der Waals surface area contributed by atoms with Gasteiger partial charge < -0.3 is 10.4 Å². The molecule has 0 saturated heterocycles. The maximum atomic E-state index is 10.5. The van der Waals surface area contributed by atoms with Crippen molar-refractivity contribution < 1.29 is 9.90 Å². The Kier molecular flexibility index (Phi) is 6.49. The van der Waals surface area contributed by atoms with Gasteiger partial charge in [0.15, 0.2) is 0 Å². The standard InChI is InChI=1S/C19H23NO2/c21-19(22)14-11-17-9-12-18(13-10-17)20-15-5-4-8-16-6-2-1-3-7-16/h1-3,6-7,9-10,12-13,20H,4-5,8,11,14-15H2,(H,21,22). The van der Waals surface area contributed by atoms with Crippen molar-refractivity contribution >= 4 is 11.7 Å². The average molecular weight is 297 g/mol. The predicted molar refractivity (Wildman–Crippen MR) is 90.3 cm³/mol. The lowest BCUT2D eigenvalue weighted by atomic mass is 10.1. The molecule has 0 aliphatic heterocycles. The van der Waals surface area contributed by atoms with E-state index in [1.165, 1.54) is 12.0 Å². The van der Waals surface area contributed by atoms with E-state index in [0.29, 0.717) is 6.42 Å². The van der Waals surface area contributed by atoms with Crippen molar-refractivity contribution in [1.29, 1.82) is 0 Å². The molecule has 22 heavy (non-hydrogen) atoms. The summed E-state index contributed by atoms with van der Waals surface area (Å²) in [6.07, 6.45) is 4.21. The Hall–Kier alpha value is -2.29. The number of hydrogen-bond acceptors (Lipinski definition) is 2. The molecule has 0 amide bonds. The summed E-state index contributed by atoms with van der Waals surface area (Å²) in [6.45, 7) is 0.960. The fourth-order valence-corrected chi connectivity index (χ4v) is 2.37. The number of carboxylic acids is 1. The molecule has 0 radical (unpaired) electrons. The van der Waals surface area contributed by atoms with E-state index in [1.807, 2.05) is 30.3 Å². The SMILES string of the molecule is O=C(O)CCc1ccc(NCCCCc2ccccc2)cc1. The van der Waals surface area contributed by atoms with Gasteiger partial charge in [0, 0.05) is 18.7 Å². The van der Waals surface area contributed by atoms with Crippen molar-refractivity contribution in [2.75, 3.05) is 11.9 Å². The summed E-state index contributed by atoms with van der Waals surface area (Å²) in [7, 11) is 0. The Balaban J connectivity index is 1.63. The number of hydrogen-bond donors (Lipinski definition) is 2. The molecule has 0 unspecified atom stereocenters. The predicted octanol–water partition coefficient (Wildman–Crippen LogP) is 4.14. The van der Waals surface area contributed by atoms with Crippen LogP contribution in [0.1, 0.15) is 30.4 Å². The molecule has 0 heterocycles. The Morgan fingerprint density at radius 1 is 0.864 bits per heavy atom. The smallest absolute Gasteiger partial charge is 0.303 e. The van der Waals surface area contributed by atoms with Crippen LogP contribution in [0.2, 0.25) is 0 Å². The van der Waals surface area contributed by atoms with Crippen LogP contribution in [0.3, 0.4) is 0 Å². The molecule has 3 heteroatoms. The molecular formula is C19H23NO2. The molecule has 116 valence electrons. The molecule has 3 nitrogen and oxygen atoms in total. The third-order valence-corrected chi connectivity index (χ3v) is 3.65. The highest BCUT2D eigenvalue weighted by molar-refractivity contribution is 5.67. The first-order chi connectivity index (χ1) is 10.7. The van der Waals surface area contributed by atoms with Gasteiger partial charge in [-0.15, -0.1) is 0 Å². The minimum atomic E-state index is -0.749. The zero-order valence-corrected chi connectivity index (χ0v) is 12.8. The molecule has 2 N–H and O–H groups in total. The summed E-state index contributed by atoms with van der Waals surface area (Å²) in [4.78, 5) is 10.5. The van der Waals surface area contributed by atoms with Crippen molar-refractivity contribution in [3.63, 3.8) is 0 Å². The fourth-order valence-electron chi connectivity index (χ4n) is 2.37. The molecule has 0 atom stereocenters. The van der Waals surface area contributed by atoms with E-state index in [-0.39, 0.29) is 6.42 Å². The number of anilines is 1. The Morgan fingerprint density at radius 3 is 2.23 bits per heavy atom. The summed E-state index contributed by atoms with van der Waals surface area (Å²) in [5.41, 5.74) is 3.56. The van der Waals surface area contributed by atoms with Gasteiger partial charge in [-0.2, -0.15) is 0 Å². The Labute approximate surface area is 132 Å². The summed E-state index contributed by atoms with van der Waals surface area (Å²) < 4.78 is 0. The van der Waals surface area contributed by atoms with Crippen molar-refractivity contribution in [3.05, 3.63) is 65.7 Å². The van der Waals surface area contributed by atoms with Crippen LogP contribution in [0.25, 0.3) is 0 Å². The highest BCUT2D eigenvalue weighted by Gasteiger charge is 1.99. The van der Waals surface area contributed by atoms with Gasteiger partial charge in [-0.05, 0) is 48.9 Å². The quantitative estimate of drug-likeness (QED) is 0.684. The van der Waals surface area contributed by atoms with Crippen molar-refractivity contribution in [3.8, 4) is 0 Å². The summed E-state index contributed by atoms with van der Waals surface area (Å²) in [6, 6.07) is 18.6. The molecule has 0 bridgehead atoms. The van der Waals surface area contributed by atoms with E-state index >= 15 is 0 Å². The minimum Gasteiger partial charge on any atom is -0.481 e. The van der Waals surface area contributed by atoms with Crippen LogP contribution in [0.5, 0.6) is 0 Å². The fraction of sp³-hybridized carbons (Fsp3) is 0.316. The minimum absolute atomic E-state index is 0.187. The van der Waals surface area contributed by atoms with E-state index in [1.54, 1.807) is 0 Å². The lowest BCUT2D eigenvalue weighted by Crippen LogP contribution is -2.02. The van der Waals surface area contributed by atoms with Gasteiger partial charge in [-0.1, -0.05) is 42.5 Å². The van der Waals surface area contributed by atoms with Gasteiger partial charge in [0.25, 0.3) is 0 Å². The van der Waals surface area contributed by atoms with Crippen LogP contribution >= 0.6 is 0 Å². The second-order valence-electron chi connectivity index (χ2n) is 5.46. The van der Waals surface area contributed by atoms with E-state index in [4.69, 9.17) is 5.11 Å². The normalized spacial score (nSPS) is 10.4. The van der Waals surface area contributed by atoms with E-state index < -0.39 is 5.97 Å². The molecule has 0 aromatic heterocycles. The van der Waals surface area contributed by atoms with Gasteiger partial charge in [0.1, 0.15) is 0 Å². The van der Waals surface area contributed by atoms with Crippen LogP contribution in [0, 0.1) is 0 Å². The number of aliphatic carboxylic acids is 1. The Morgan fingerprint density at radius 2 is 1.55 bits per heavy atom. The van der Waals surface area contributed by atoms with Crippen LogP contribution in [0.15, 0.2) is 54.6 Å². The first-order valence-corrected chi connectivity index (χ1v) is 7.82. The zero-order chi connectivity index (χ0) is 15.6. The molecule has 0 spiro atoms. The topological polar surface area (TPSA) is 49.3 Å². The highest BCUT2D eigenvalue weighted by atomic mass is 16.4. The molecule has 0 aliphatic carbocycles. The number of nitrogens with one attached hydrogen (secondary N) is 1. The molecule has 0 saturated carbocycles. The largest absolute Gasteiger partial charge is 0.481 e. The number of unbranched alkanes of at least 4 members (excludes halogenated alkanes) is 1. The third-order valence-electron chi connectivity index (χ3n) is 3.65. The summed E-state index contributed by atoms with van der Waals surface area (Å²) in [5.74, 6) is -0.749. The number of rotatable bonds is 9. The monoisotopic (exact) mass is 297 g/mol. The molecule has 2 rings (SSSR count). The maximum Gasteiger partial charge on any atom is 0.303 e. The van der Waals surface area contributed by atoms with E-state index in [2.05, 4.69) is 29.6 Å². The van der Waals surface area contributed by atoms with Crippen molar-refractivity contribution in [2.24, 2.45) is 0 Å². The lowest BCUT2D eigenvalue weighted by Gasteiger charge is -2.07. The average Bonchev–Trinajstić information content (AvgIpc) is 2.54. The van der Waals surface area contributed by atoms with Gasteiger partial charge in [-0.3, -0.25) is 4.79 Å². The first kappa shape index (κ1) is 16.1. The van der Waals surface area contributed by atoms with Crippen molar-refractivity contribution in [1.82, 2.24) is 0 Å². The molecule has 2 aromatic rings. The van der Waals surface area contributed by atoms with Gasteiger partial charge in [-0.25, -0.2) is 0 Å². The number of aryl methyl sites for hydroxylation is 2. The zero-order valence-electron chi connectivity index (χ0n) is 12.8. The second kappa shape index (κ2) is 8.88. The second-order valence-corrected chi connectivity index (χ2v) is 5.46. The number of carboxylic acid groups (broad SMARTS) is 1. The van der Waals surface area contributed by atoms with Crippen molar-refractivity contribution in [2.45, 2.75) is 32.1 Å². The lowest BCUT2D eigenvalue weighted by molar-refractivity contribution is -0.136. The van der Waals surface area contributed by atoms with Gasteiger partial charge >= 0.3 is 5.97 Å². The van der Waals surface area contributed by atoms with Crippen LogP contribution in [-0.2, 0) is 17.6 Å². The first-order valence-electron chi connectivity index (χ1n) is 7.82. The third kappa shape index (κ3) is 6.00. The molecular weight excluding hydrogens is 274 g/mol. The van der Waals surface area contributed by atoms with Crippen LogP contribution in [0.4, 0.5) is 5.69 Å². The maximum absolute atomic E-state index is 10.5. The molecule has 0 aliphatic rings. The van der Waals surface area contributed by atoms with Gasteiger partial charge in [0.05, 0.1) is 0 Å². The van der Waals surface area contributed by atoms with Gasteiger partial charge in [0.2, 0.25) is 0 Å². The van der Waals surface area contributed by atoms with Crippen LogP contribution in [-0.4, -0.2) is 17.6 Å². The molecule has 2 aromatic carbocycles.